The molecule has 2 heterocycles. The predicted octanol–water partition coefficient (Wildman–Crippen LogP) is 1.86. The van der Waals surface area contributed by atoms with Crippen LogP contribution in [0.15, 0.2) is 41.4 Å². The quantitative estimate of drug-likeness (QED) is 0.903. The Kier molecular flexibility index (Phi) is 3.72. The second kappa shape index (κ2) is 5.69. The fraction of sp³-hybridized carbons (Fsp3) is 0.444. The van der Waals surface area contributed by atoms with Gasteiger partial charge in [-0.05, 0) is 24.8 Å². The van der Waals surface area contributed by atoms with Crippen LogP contribution in [0, 0.1) is 0 Å². The van der Waals surface area contributed by atoms with Gasteiger partial charge in [-0.2, -0.15) is 5.10 Å². The van der Waals surface area contributed by atoms with Crippen molar-refractivity contribution in [1.82, 2.24) is 15.1 Å². The third kappa shape index (κ3) is 2.76. The topological polar surface area (TPSA) is 83.1 Å². The van der Waals surface area contributed by atoms with Crippen LogP contribution in [0.1, 0.15) is 36.4 Å². The van der Waals surface area contributed by atoms with Crippen LogP contribution in [0.3, 0.4) is 0 Å². The SMILES string of the molecule is CS(=O)(=O)c1cn[nH]c1C1CCN(C(=O)C2(c3ccccc3)CC2)C1. The third-order valence-corrected chi connectivity index (χ3v) is 6.53. The van der Waals surface area contributed by atoms with Crippen LogP contribution in [0.4, 0.5) is 0 Å². The van der Waals surface area contributed by atoms with Gasteiger partial charge in [-0.15, -0.1) is 0 Å². The van der Waals surface area contributed by atoms with Crippen LogP contribution in [0.5, 0.6) is 0 Å². The highest BCUT2D eigenvalue weighted by Gasteiger charge is 2.53. The van der Waals surface area contributed by atoms with Crippen LogP contribution in [0.2, 0.25) is 0 Å². The first-order chi connectivity index (χ1) is 11.9. The summed E-state index contributed by atoms with van der Waals surface area (Å²) in [7, 11) is -3.32. The molecule has 4 rings (SSSR count). The molecule has 1 unspecified atom stereocenters. The first-order valence-electron chi connectivity index (χ1n) is 8.50. The number of carbonyl (C=O) groups excluding carboxylic acids is 1. The van der Waals surface area contributed by atoms with Gasteiger partial charge < -0.3 is 4.90 Å². The Morgan fingerprint density at radius 2 is 2.00 bits per heavy atom. The van der Waals surface area contributed by atoms with Crippen molar-refractivity contribution in [2.24, 2.45) is 0 Å². The van der Waals surface area contributed by atoms with Gasteiger partial charge in [-0.3, -0.25) is 9.89 Å². The molecule has 1 aromatic heterocycles. The third-order valence-electron chi connectivity index (χ3n) is 5.40. The average molecular weight is 359 g/mol. The number of likely N-dealkylation sites (tertiary alicyclic amines) is 1. The molecule has 0 radical (unpaired) electrons. The molecule has 1 saturated heterocycles. The van der Waals surface area contributed by atoms with E-state index >= 15 is 0 Å². The molecule has 6 nitrogen and oxygen atoms in total. The van der Waals surface area contributed by atoms with E-state index in [1.54, 1.807) is 0 Å². The smallest absolute Gasteiger partial charge is 0.233 e. The van der Waals surface area contributed by atoms with Crippen LogP contribution >= 0.6 is 0 Å². The zero-order valence-electron chi connectivity index (χ0n) is 14.1. The number of hydrogen-bond donors (Lipinski definition) is 1. The van der Waals surface area contributed by atoms with Gasteiger partial charge in [-0.1, -0.05) is 30.3 Å². The van der Waals surface area contributed by atoms with Gasteiger partial charge >= 0.3 is 0 Å². The molecule has 7 heteroatoms. The van der Waals surface area contributed by atoms with E-state index in [-0.39, 0.29) is 22.1 Å². The molecule has 1 aromatic carbocycles. The van der Waals surface area contributed by atoms with Gasteiger partial charge in [0.1, 0.15) is 4.90 Å². The number of sulfone groups is 1. The van der Waals surface area contributed by atoms with Crippen LogP contribution in [-0.4, -0.2) is 48.8 Å². The van der Waals surface area contributed by atoms with Crippen molar-refractivity contribution in [1.29, 1.82) is 0 Å². The monoisotopic (exact) mass is 359 g/mol. The van der Waals surface area contributed by atoms with Gasteiger partial charge in [0.05, 0.1) is 17.3 Å². The van der Waals surface area contributed by atoms with E-state index in [1.807, 2.05) is 35.2 Å². The first kappa shape index (κ1) is 16.3. The van der Waals surface area contributed by atoms with Crippen molar-refractivity contribution in [3.8, 4) is 0 Å². The number of carbonyl (C=O) groups is 1. The van der Waals surface area contributed by atoms with Crippen LogP contribution < -0.4 is 0 Å². The van der Waals surface area contributed by atoms with E-state index in [1.165, 1.54) is 12.5 Å². The molecule has 2 aromatic rings. The molecule has 2 aliphatic rings. The highest BCUT2D eigenvalue weighted by molar-refractivity contribution is 7.90. The zero-order chi connectivity index (χ0) is 17.7. The number of amides is 1. The van der Waals surface area contributed by atoms with E-state index in [0.29, 0.717) is 18.8 Å². The number of hydrogen-bond acceptors (Lipinski definition) is 4. The Hall–Kier alpha value is -2.15. The number of aromatic amines is 1. The lowest BCUT2D eigenvalue weighted by Gasteiger charge is -2.23. The van der Waals surface area contributed by atoms with E-state index in [4.69, 9.17) is 0 Å². The van der Waals surface area contributed by atoms with E-state index < -0.39 is 9.84 Å². The normalized spacial score (nSPS) is 22.1. The lowest BCUT2D eigenvalue weighted by atomic mass is 9.94. The van der Waals surface area contributed by atoms with Crippen LogP contribution in [-0.2, 0) is 20.0 Å². The molecule has 1 atom stereocenters. The van der Waals surface area contributed by atoms with Crippen molar-refractivity contribution in [2.75, 3.05) is 19.3 Å². The fourth-order valence-electron chi connectivity index (χ4n) is 3.86. The molecule has 25 heavy (non-hydrogen) atoms. The summed E-state index contributed by atoms with van der Waals surface area (Å²) in [4.78, 5) is 15.2. The second-order valence-corrected chi connectivity index (χ2v) is 9.09. The molecule has 2 fully saturated rings. The lowest BCUT2D eigenvalue weighted by Crippen LogP contribution is -2.37. The Labute approximate surface area is 147 Å². The summed E-state index contributed by atoms with van der Waals surface area (Å²) in [6.45, 7) is 1.19. The Balaban J connectivity index is 1.54. The summed E-state index contributed by atoms with van der Waals surface area (Å²) >= 11 is 0. The molecule has 1 aliphatic carbocycles. The van der Waals surface area contributed by atoms with Crippen molar-refractivity contribution in [3.05, 3.63) is 47.8 Å². The predicted molar refractivity (Wildman–Crippen MR) is 93.0 cm³/mol. The Bertz CT molecular complexity index is 901. The van der Waals surface area contributed by atoms with Gasteiger partial charge in [0.15, 0.2) is 9.84 Å². The molecular formula is C18H21N3O3S. The van der Waals surface area contributed by atoms with Gasteiger partial charge in [-0.25, -0.2) is 8.42 Å². The number of H-pyrrole nitrogens is 1. The fourth-order valence-corrected chi connectivity index (χ4v) is 4.72. The van der Waals surface area contributed by atoms with Gasteiger partial charge in [0, 0.05) is 25.3 Å². The molecule has 0 bridgehead atoms. The lowest BCUT2D eigenvalue weighted by molar-refractivity contribution is -0.132. The highest BCUT2D eigenvalue weighted by Crippen LogP contribution is 2.50. The summed E-state index contributed by atoms with van der Waals surface area (Å²) in [5.41, 5.74) is 1.34. The first-order valence-corrected chi connectivity index (χ1v) is 10.4. The van der Waals surface area contributed by atoms with E-state index in [0.717, 1.165) is 24.8 Å². The van der Waals surface area contributed by atoms with Crippen molar-refractivity contribution in [2.45, 2.75) is 35.5 Å². The minimum Gasteiger partial charge on any atom is -0.341 e. The summed E-state index contributed by atoms with van der Waals surface area (Å²) in [6, 6.07) is 9.95. The number of aromatic nitrogens is 2. The van der Waals surface area contributed by atoms with E-state index in [2.05, 4.69) is 10.2 Å². The number of rotatable bonds is 4. The Morgan fingerprint density at radius 1 is 1.28 bits per heavy atom. The molecule has 1 amide bonds. The summed E-state index contributed by atoms with van der Waals surface area (Å²) in [5.74, 6) is 0.157. The summed E-state index contributed by atoms with van der Waals surface area (Å²) in [6.07, 6.45) is 5.07. The van der Waals surface area contributed by atoms with E-state index in [9.17, 15) is 13.2 Å². The maximum absolute atomic E-state index is 13.1. The standard InChI is InChI=1S/C18H21N3O3S/c1-25(23,24)15-11-19-20-16(15)13-7-10-21(12-13)17(22)18(8-9-18)14-5-3-2-4-6-14/h2-6,11,13H,7-10,12H2,1H3,(H,19,20). The van der Waals surface area contributed by atoms with Crippen molar-refractivity contribution < 1.29 is 13.2 Å². The average Bonchev–Trinajstić information content (AvgIpc) is 3.02. The number of benzene rings is 1. The summed E-state index contributed by atoms with van der Waals surface area (Å²) < 4.78 is 23.8. The molecule has 132 valence electrons. The van der Waals surface area contributed by atoms with Gasteiger partial charge in [0.2, 0.25) is 5.91 Å². The minimum atomic E-state index is -3.32. The van der Waals surface area contributed by atoms with Gasteiger partial charge in [0.25, 0.3) is 0 Å². The number of nitrogens with one attached hydrogen (secondary N) is 1. The Morgan fingerprint density at radius 3 is 2.64 bits per heavy atom. The minimum absolute atomic E-state index is 0.0113. The largest absolute Gasteiger partial charge is 0.341 e. The number of nitrogens with zero attached hydrogens (tertiary/aromatic N) is 2. The van der Waals surface area contributed by atoms with Crippen molar-refractivity contribution >= 4 is 15.7 Å². The molecular weight excluding hydrogens is 338 g/mol. The highest BCUT2D eigenvalue weighted by atomic mass is 32.2. The second-order valence-electron chi connectivity index (χ2n) is 7.10. The molecule has 1 N–H and O–H groups in total. The van der Waals surface area contributed by atoms with Crippen LogP contribution in [0.25, 0.3) is 0 Å². The molecule has 0 spiro atoms. The molecule has 1 aliphatic heterocycles. The maximum atomic E-state index is 13.1. The molecule has 1 saturated carbocycles. The van der Waals surface area contributed by atoms with Crippen molar-refractivity contribution in [3.63, 3.8) is 0 Å². The zero-order valence-corrected chi connectivity index (χ0v) is 14.9. The summed E-state index contributed by atoms with van der Waals surface area (Å²) in [5, 5.41) is 6.74. The maximum Gasteiger partial charge on any atom is 0.233 e.